The molecule has 1 saturated heterocycles. The highest BCUT2D eigenvalue weighted by Gasteiger charge is 2.33. The smallest absolute Gasteiger partial charge is 0.230 e. The van der Waals surface area contributed by atoms with Crippen LogP contribution >= 0.6 is 11.8 Å². The fourth-order valence-corrected chi connectivity index (χ4v) is 3.85. The number of amides is 1. The molecule has 1 aliphatic rings. The van der Waals surface area contributed by atoms with E-state index in [9.17, 15) is 4.79 Å². The van der Waals surface area contributed by atoms with Crippen molar-refractivity contribution in [3.63, 3.8) is 0 Å². The van der Waals surface area contributed by atoms with Gasteiger partial charge in [0.15, 0.2) is 5.82 Å². The molecule has 8 heteroatoms. The third-order valence-electron chi connectivity index (χ3n) is 4.60. The average molecular weight is 375 g/mol. The summed E-state index contributed by atoms with van der Waals surface area (Å²) in [6.07, 6.45) is 3.35. The zero-order chi connectivity index (χ0) is 18.5. The highest BCUT2D eigenvalue weighted by atomic mass is 32.2. The minimum absolute atomic E-state index is 0.119. The molecule has 1 amide bonds. The van der Waals surface area contributed by atoms with Crippen molar-refractivity contribution in [2.45, 2.75) is 13.0 Å². The Hall–Kier alpha value is -1.93. The lowest BCUT2D eigenvalue weighted by Crippen LogP contribution is -2.56. The van der Waals surface area contributed by atoms with E-state index < -0.39 is 0 Å². The van der Waals surface area contributed by atoms with E-state index in [0.29, 0.717) is 11.7 Å². The van der Waals surface area contributed by atoms with Crippen LogP contribution in [0, 0.1) is 5.92 Å². The number of anilines is 1. The van der Waals surface area contributed by atoms with Crippen LogP contribution in [-0.2, 0) is 4.79 Å². The Balaban J connectivity index is 1.46. The van der Waals surface area contributed by atoms with E-state index in [2.05, 4.69) is 37.0 Å². The monoisotopic (exact) mass is 374 g/mol. The molecule has 0 unspecified atom stereocenters. The Morgan fingerprint density at radius 2 is 2.19 bits per heavy atom. The molecule has 0 aromatic carbocycles. The first kappa shape index (κ1) is 18.8. The molecule has 1 fully saturated rings. The van der Waals surface area contributed by atoms with Crippen molar-refractivity contribution < 1.29 is 4.79 Å². The SMILES string of the molecule is C[C@H](NC(=O)CSCCN(C)C)C1CN(c2ncnc3cccnc23)C1. The van der Waals surface area contributed by atoms with E-state index in [-0.39, 0.29) is 11.9 Å². The molecular weight excluding hydrogens is 348 g/mol. The van der Waals surface area contributed by atoms with Gasteiger partial charge >= 0.3 is 0 Å². The van der Waals surface area contributed by atoms with Crippen molar-refractivity contribution in [3.8, 4) is 0 Å². The topological polar surface area (TPSA) is 74.2 Å². The molecule has 1 aliphatic heterocycles. The summed E-state index contributed by atoms with van der Waals surface area (Å²) in [5.41, 5.74) is 1.69. The van der Waals surface area contributed by atoms with Crippen LogP contribution < -0.4 is 10.2 Å². The van der Waals surface area contributed by atoms with Crippen molar-refractivity contribution in [3.05, 3.63) is 24.7 Å². The number of pyridine rings is 1. The molecule has 0 spiro atoms. The molecule has 0 aliphatic carbocycles. The molecule has 1 atom stereocenters. The average Bonchev–Trinajstić information content (AvgIpc) is 2.57. The molecule has 7 nitrogen and oxygen atoms in total. The number of fused-ring (bicyclic) bond motifs is 1. The molecule has 0 bridgehead atoms. The van der Waals surface area contributed by atoms with Crippen molar-refractivity contribution >= 4 is 34.5 Å². The Labute approximate surface area is 158 Å². The predicted molar refractivity (Wildman–Crippen MR) is 107 cm³/mol. The van der Waals surface area contributed by atoms with Gasteiger partial charge in [-0.3, -0.25) is 9.78 Å². The highest BCUT2D eigenvalue weighted by Crippen LogP contribution is 2.28. The molecule has 140 valence electrons. The standard InChI is InChI=1S/C18H26N6OS/c1-13(22-16(25)11-26-8-7-23(2)3)14-9-24(10-14)18-17-15(20-12-21-18)5-4-6-19-17/h4-6,12-14H,7-11H2,1-3H3,(H,22,25)/t13-/m0/s1. The first-order valence-corrected chi connectivity index (χ1v) is 10.0. The maximum Gasteiger partial charge on any atom is 0.230 e. The minimum atomic E-state index is 0.119. The number of thioether (sulfide) groups is 1. The summed E-state index contributed by atoms with van der Waals surface area (Å²) in [6.45, 7) is 4.82. The van der Waals surface area contributed by atoms with Crippen molar-refractivity contribution in [1.29, 1.82) is 0 Å². The number of hydrogen-bond acceptors (Lipinski definition) is 7. The van der Waals surface area contributed by atoms with Crippen LogP contribution in [0.15, 0.2) is 24.7 Å². The third kappa shape index (κ3) is 4.62. The fourth-order valence-electron chi connectivity index (χ4n) is 2.94. The van der Waals surface area contributed by atoms with Crippen molar-refractivity contribution in [2.24, 2.45) is 5.92 Å². The molecule has 1 N–H and O–H groups in total. The maximum atomic E-state index is 12.1. The quantitative estimate of drug-likeness (QED) is 0.697. The Morgan fingerprint density at radius 3 is 2.96 bits per heavy atom. The van der Waals surface area contributed by atoms with Crippen LogP contribution in [0.25, 0.3) is 11.0 Å². The van der Waals surface area contributed by atoms with Gasteiger partial charge in [-0.2, -0.15) is 11.8 Å². The first-order valence-electron chi connectivity index (χ1n) is 8.87. The molecule has 3 heterocycles. The lowest BCUT2D eigenvalue weighted by atomic mass is 9.92. The molecule has 3 rings (SSSR count). The van der Waals surface area contributed by atoms with E-state index in [0.717, 1.165) is 42.2 Å². The molecule has 0 saturated carbocycles. The van der Waals surface area contributed by atoms with Gasteiger partial charge in [0.05, 0.1) is 11.3 Å². The second-order valence-electron chi connectivity index (χ2n) is 6.95. The molecule has 0 radical (unpaired) electrons. The molecular formula is C18H26N6OS. The summed E-state index contributed by atoms with van der Waals surface area (Å²) in [5.74, 6) is 2.92. The van der Waals surface area contributed by atoms with Crippen molar-refractivity contribution in [2.75, 3.05) is 50.1 Å². The van der Waals surface area contributed by atoms with E-state index >= 15 is 0 Å². The second-order valence-corrected chi connectivity index (χ2v) is 8.05. The summed E-state index contributed by atoms with van der Waals surface area (Å²) in [7, 11) is 4.09. The summed E-state index contributed by atoms with van der Waals surface area (Å²) in [5, 5.41) is 3.13. The number of nitrogens with zero attached hydrogens (tertiary/aromatic N) is 5. The van der Waals surface area contributed by atoms with Gasteiger partial charge < -0.3 is 15.1 Å². The lowest BCUT2D eigenvalue weighted by molar-refractivity contribution is -0.119. The van der Waals surface area contributed by atoms with Crippen LogP contribution in [0.2, 0.25) is 0 Å². The van der Waals surface area contributed by atoms with Crippen molar-refractivity contribution in [1.82, 2.24) is 25.2 Å². The van der Waals surface area contributed by atoms with Crippen LogP contribution in [0.5, 0.6) is 0 Å². The molecule has 2 aromatic rings. The van der Waals surface area contributed by atoms with E-state index in [4.69, 9.17) is 0 Å². The summed E-state index contributed by atoms with van der Waals surface area (Å²) < 4.78 is 0. The number of rotatable bonds is 8. The van der Waals surface area contributed by atoms with Gasteiger partial charge in [0.2, 0.25) is 5.91 Å². The summed E-state index contributed by atoms with van der Waals surface area (Å²) >= 11 is 1.68. The second kappa shape index (κ2) is 8.64. The van der Waals surface area contributed by atoms with E-state index in [1.165, 1.54) is 0 Å². The number of carbonyl (C=O) groups is 1. The van der Waals surface area contributed by atoms with Crippen LogP contribution in [0.4, 0.5) is 5.82 Å². The normalized spacial score (nSPS) is 15.9. The highest BCUT2D eigenvalue weighted by molar-refractivity contribution is 7.99. The Bertz CT molecular complexity index is 744. The van der Waals surface area contributed by atoms with Gasteiger partial charge in [-0.15, -0.1) is 0 Å². The predicted octanol–water partition coefficient (Wildman–Crippen LogP) is 1.26. The largest absolute Gasteiger partial charge is 0.354 e. The number of hydrogen-bond donors (Lipinski definition) is 1. The lowest BCUT2D eigenvalue weighted by Gasteiger charge is -2.43. The zero-order valence-corrected chi connectivity index (χ0v) is 16.4. The van der Waals surface area contributed by atoms with Gasteiger partial charge in [0, 0.05) is 43.5 Å². The van der Waals surface area contributed by atoms with Crippen LogP contribution in [-0.4, -0.2) is 77.0 Å². The number of nitrogens with one attached hydrogen (secondary N) is 1. The Kier molecular flexibility index (Phi) is 6.26. The number of carbonyl (C=O) groups excluding carboxylic acids is 1. The minimum Gasteiger partial charge on any atom is -0.354 e. The first-order chi connectivity index (χ1) is 12.5. The molecule has 2 aromatic heterocycles. The maximum absolute atomic E-state index is 12.1. The molecule has 26 heavy (non-hydrogen) atoms. The van der Waals surface area contributed by atoms with Crippen LogP contribution in [0.3, 0.4) is 0 Å². The van der Waals surface area contributed by atoms with E-state index in [1.807, 2.05) is 26.2 Å². The van der Waals surface area contributed by atoms with Gasteiger partial charge in [-0.25, -0.2) is 9.97 Å². The van der Waals surface area contributed by atoms with Gasteiger partial charge in [-0.05, 0) is 33.2 Å². The van der Waals surface area contributed by atoms with Gasteiger partial charge in [-0.1, -0.05) is 0 Å². The Morgan fingerprint density at radius 1 is 1.38 bits per heavy atom. The van der Waals surface area contributed by atoms with Crippen LogP contribution in [0.1, 0.15) is 6.92 Å². The fraction of sp³-hybridized carbons (Fsp3) is 0.556. The van der Waals surface area contributed by atoms with Gasteiger partial charge in [0.25, 0.3) is 0 Å². The summed E-state index contributed by atoms with van der Waals surface area (Å²) in [6, 6.07) is 3.99. The zero-order valence-electron chi connectivity index (χ0n) is 15.6. The summed E-state index contributed by atoms with van der Waals surface area (Å²) in [4.78, 5) is 29.5. The van der Waals surface area contributed by atoms with Gasteiger partial charge in [0.1, 0.15) is 11.8 Å². The number of aromatic nitrogens is 3. The third-order valence-corrected chi connectivity index (χ3v) is 5.53. The van der Waals surface area contributed by atoms with E-state index in [1.54, 1.807) is 24.3 Å².